The number of benzene rings is 2. The molecule has 0 aliphatic carbocycles. The zero-order chi connectivity index (χ0) is 19.9. The predicted octanol–water partition coefficient (Wildman–Crippen LogP) is 4.17. The summed E-state index contributed by atoms with van der Waals surface area (Å²) in [5, 5.41) is 3.87. The summed E-state index contributed by atoms with van der Waals surface area (Å²) in [5.74, 6) is -0.0794. The molecule has 1 saturated heterocycles. The SMILES string of the molecule is CCOC(=O)COc1ccc(/C=C2\SC(=Nc3ccc(Cl)cc3)NC2=O)cc1. The Morgan fingerprint density at radius 3 is 2.57 bits per heavy atom. The third-order valence-electron chi connectivity index (χ3n) is 3.55. The van der Waals surface area contributed by atoms with Gasteiger partial charge in [0.2, 0.25) is 0 Å². The number of hydrogen-bond acceptors (Lipinski definition) is 6. The van der Waals surface area contributed by atoms with Gasteiger partial charge in [-0.25, -0.2) is 9.79 Å². The van der Waals surface area contributed by atoms with Crippen molar-refractivity contribution in [2.75, 3.05) is 13.2 Å². The van der Waals surface area contributed by atoms with Gasteiger partial charge >= 0.3 is 5.97 Å². The van der Waals surface area contributed by atoms with E-state index in [9.17, 15) is 9.59 Å². The van der Waals surface area contributed by atoms with Crippen LogP contribution in [0.1, 0.15) is 12.5 Å². The Hall–Kier alpha value is -2.77. The second kappa shape index (κ2) is 9.43. The van der Waals surface area contributed by atoms with E-state index < -0.39 is 5.97 Å². The molecule has 1 N–H and O–H groups in total. The first-order chi connectivity index (χ1) is 13.5. The molecular formula is C20H17ClN2O4S. The number of carbonyl (C=O) groups is 2. The van der Waals surface area contributed by atoms with Gasteiger partial charge in [0, 0.05) is 5.02 Å². The molecule has 1 aliphatic rings. The normalized spacial score (nSPS) is 16.3. The molecule has 1 aliphatic heterocycles. The van der Waals surface area contributed by atoms with Crippen LogP contribution in [0.15, 0.2) is 58.4 Å². The van der Waals surface area contributed by atoms with Crippen LogP contribution in [0.3, 0.4) is 0 Å². The van der Waals surface area contributed by atoms with E-state index in [2.05, 4.69) is 10.3 Å². The van der Waals surface area contributed by atoms with Crippen LogP contribution in [0.5, 0.6) is 5.75 Å². The number of amidine groups is 1. The Morgan fingerprint density at radius 1 is 1.18 bits per heavy atom. The fraction of sp³-hybridized carbons (Fsp3) is 0.150. The van der Waals surface area contributed by atoms with Crippen molar-refractivity contribution in [3.8, 4) is 5.75 Å². The van der Waals surface area contributed by atoms with Crippen molar-refractivity contribution in [2.45, 2.75) is 6.92 Å². The third-order valence-corrected chi connectivity index (χ3v) is 4.71. The summed E-state index contributed by atoms with van der Waals surface area (Å²) in [6.45, 7) is 1.91. The number of hydrogen-bond donors (Lipinski definition) is 1. The lowest BCUT2D eigenvalue weighted by atomic mass is 10.2. The number of nitrogens with one attached hydrogen (secondary N) is 1. The second-order valence-corrected chi connectivity index (χ2v) is 7.09. The molecule has 0 radical (unpaired) electrons. The number of carbonyl (C=O) groups excluding carboxylic acids is 2. The van der Waals surface area contributed by atoms with E-state index in [-0.39, 0.29) is 12.5 Å². The molecule has 6 nitrogen and oxygen atoms in total. The van der Waals surface area contributed by atoms with Gasteiger partial charge in [-0.1, -0.05) is 23.7 Å². The van der Waals surface area contributed by atoms with E-state index in [0.29, 0.717) is 33.1 Å². The molecule has 0 atom stereocenters. The van der Waals surface area contributed by atoms with Gasteiger partial charge in [0.15, 0.2) is 11.8 Å². The summed E-state index contributed by atoms with van der Waals surface area (Å²) in [6, 6.07) is 14.1. The van der Waals surface area contributed by atoms with Gasteiger partial charge in [-0.15, -0.1) is 0 Å². The Bertz CT molecular complexity index is 924. The highest BCUT2D eigenvalue weighted by Gasteiger charge is 2.23. The summed E-state index contributed by atoms with van der Waals surface area (Å²) >= 11 is 7.12. The first kappa shape index (κ1) is 20.0. The maximum atomic E-state index is 12.2. The highest BCUT2D eigenvalue weighted by Crippen LogP contribution is 2.28. The van der Waals surface area contributed by atoms with E-state index in [1.54, 1.807) is 61.5 Å². The summed E-state index contributed by atoms with van der Waals surface area (Å²) in [4.78, 5) is 28.4. The number of esters is 1. The minimum Gasteiger partial charge on any atom is -0.482 e. The first-order valence-electron chi connectivity index (χ1n) is 8.47. The molecule has 1 heterocycles. The van der Waals surface area contributed by atoms with Crippen LogP contribution in [0.4, 0.5) is 5.69 Å². The van der Waals surface area contributed by atoms with E-state index in [0.717, 1.165) is 5.56 Å². The molecule has 0 bridgehead atoms. The van der Waals surface area contributed by atoms with Gasteiger partial charge in [-0.3, -0.25) is 4.79 Å². The number of thioether (sulfide) groups is 1. The van der Waals surface area contributed by atoms with E-state index in [1.165, 1.54) is 11.8 Å². The highest BCUT2D eigenvalue weighted by molar-refractivity contribution is 8.18. The standard InChI is InChI=1S/C20H17ClN2O4S/c1-2-26-18(24)12-27-16-9-3-13(4-10-16)11-17-19(25)23-20(28-17)22-15-7-5-14(21)6-8-15/h3-11H,2,12H2,1H3,(H,22,23,25)/b17-11-. The minimum atomic E-state index is -0.416. The van der Waals surface area contributed by atoms with Gasteiger partial charge in [0.05, 0.1) is 17.2 Å². The predicted molar refractivity (Wildman–Crippen MR) is 111 cm³/mol. The van der Waals surface area contributed by atoms with Crippen LogP contribution in [0.2, 0.25) is 5.02 Å². The molecule has 3 rings (SSSR count). The number of rotatable bonds is 6. The molecule has 1 fully saturated rings. The first-order valence-corrected chi connectivity index (χ1v) is 9.66. The zero-order valence-corrected chi connectivity index (χ0v) is 16.5. The third kappa shape index (κ3) is 5.61. The molecule has 8 heteroatoms. The minimum absolute atomic E-state index is 0.142. The van der Waals surface area contributed by atoms with Crippen LogP contribution < -0.4 is 10.1 Å². The van der Waals surface area contributed by atoms with Crippen molar-refractivity contribution in [3.63, 3.8) is 0 Å². The van der Waals surface area contributed by atoms with Crippen LogP contribution in [-0.2, 0) is 14.3 Å². The van der Waals surface area contributed by atoms with Gasteiger partial charge in [-0.2, -0.15) is 0 Å². The fourth-order valence-electron chi connectivity index (χ4n) is 2.27. The molecule has 28 heavy (non-hydrogen) atoms. The van der Waals surface area contributed by atoms with Crippen molar-refractivity contribution in [3.05, 3.63) is 64.0 Å². The largest absolute Gasteiger partial charge is 0.482 e. The summed E-state index contributed by atoms with van der Waals surface area (Å²) in [6.07, 6.45) is 1.76. The van der Waals surface area contributed by atoms with Crippen molar-refractivity contribution in [2.24, 2.45) is 4.99 Å². The van der Waals surface area contributed by atoms with E-state index >= 15 is 0 Å². The van der Waals surface area contributed by atoms with Crippen LogP contribution in [0, 0.1) is 0 Å². The maximum absolute atomic E-state index is 12.2. The second-order valence-electron chi connectivity index (χ2n) is 5.62. The molecule has 2 aromatic carbocycles. The lowest BCUT2D eigenvalue weighted by molar-refractivity contribution is -0.145. The highest BCUT2D eigenvalue weighted by atomic mass is 35.5. The topological polar surface area (TPSA) is 77.0 Å². The van der Waals surface area contributed by atoms with Gasteiger partial charge in [0.25, 0.3) is 5.91 Å². The van der Waals surface area contributed by atoms with E-state index in [4.69, 9.17) is 21.1 Å². The fourth-order valence-corrected chi connectivity index (χ4v) is 3.24. The molecule has 0 unspecified atom stereocenters. The Balaban J connectivity index is 1.64. The summed E-state index contributed by atoms with van der Waals surface area (Å²) in [5.41, 5.74) is 1.53. The number of halogens is 1. The Morgan fingerprint density at radius 2 is 1.89 bits per heavy atom. The lowest BCUT2D eigenvalue weighted by Gasteiger charge is -2.05. The van der Waals surface area contributed by atoms with Gasteiger partial charge < -0.3 is 14.8 Å². The number of aliphatic imine (C=N–C) groups is 1. The van der Waals surface area contributed by atoms with Crippen LogP contribution >= 0.6 is 23.4 Å². The Labute approximate surface area is 171 Å². The molecule has 1 amide bonds. The molecule has 0 saturated carbocycles. The molecule has 2 aromatic rings. The zero-order valence-electron chi connectivity index (χ0n) is 15.0. The average Bonchev–Trinajstić information content (AvgIpc) is 3.02. The van der Waals surface area contributed by atoms with E-state index in [1.807, 2.05) is 0 Å². The van der Waals surface area contributed by atoms with Crippen molar-refractivity contribution < 1.29 is 19.1 Å². The quantitative estimate of drug-likeness (QED) is 0.564. The molecular weight excluding hydrogens is 400 g/mol. The van der Waals surface area contributed by atoms with Crippen molar-refractivity contribution in [1.29, 1.82) is 0 Å². The number of amides is 1. The number of ether oxygens (including phenoxy) is 2. The maximum Gasteiger partial charge on any atom is 0.344 e. The smallest absolute Gasteiger partial charge is 0.344 e. The van der Waals surface area contributed by atoms with Crippen LogP contribution in [0.25, 0.3) is 6.08 Å². The number of nitrogens with zero attached hydrogens (tertiary/aromatic N) is 1. The molecule has 0 aromatic heterocycles. The summed E-state index contributed by atoms with van der Waals surface area (Å²) < 4.78 is 10.2. The van der Waals surface area contributed by atoms with Crippen molar-refractivity contribution >= 4 is 52.2 Å². The van der Waals surface area contributed by atoms with Gasteiger partial charge in [0.1, 0.15) is 5.75 Å². The van der Waals surface area contributed by atoms with Crippen molar-refractivity contribution in [1.82, 2.24) is 5.32 Å². The summed E-state index contributed by atoms with van der Waals surface area (Å²) in [7, 11) is 0. The average molecular weight is 417 g/mol. The van der Waals surface area contributed by atoms with Crippen LogP contribution in [-0.4, -0.2) is 30.3 Å². The Kier molecular flexibility index (Phi) is 6.73. The lowest BCUT2D eigenvalue weighted by Crippen LogP contribution is -2.19. The monoisotopic (exact) mass is 416 g/mol. The molecule has 144 valence electrons. The van der Waals surface area contributed by atoms with Gasteiger partial charge in [-0.05, 0) is 66.7 Å². The molecule has 0 spiro atoms.